The van der Waals surface area contributed by atoms with Crippen LogP contribution in [0.25, 0.3) is 11.4 Å². The average molecular weight is 409 g/mol. The smallest absolute Gasteiger partial charge is 0.227 e. The van der Waals surface area contributed by atoms with Gasteiger partial charge in [0.05, 0.1) is 13.7 Å². The molecule has 30 heavy (non-hydrogen) atoms. The molecule has 0 fully saturated rings. The molecule has 1 heterocycles. The molecule has 1 amide bonds. The second-order valence-electron chi connectivity index (χ2n) is 6.88. The summed E-state index contributed by atoms with van der Waals surface area (Å²) in [7, 11) is 1.65. The first kappa shape index (κ1) is 21.4. The zero-order chi connectivity index (χ0) is 21.3. The van der Waals surface area contributed by atoms with Crippen LogP contribution in [-0.4, -0.2) is 36.3 Å². The van der Waals surface area contributed by atoms with E-state index in [0.29, 0.717) is 37.7 Å². The first-order valence-electron chi connectivity index (χ1n) is 10.0. The minimum Gasteiger partial charge on any atom is -0.496 e. The fraction of sp³-hybridized carbons (Fsp3) is 0.348. The van der Waals surface area contributed by atoms with Crippen molar-refractivity contribution in [1.29, 1.82) is 0 Å². The van der Waals surface area contributed by atoms with Crippen LogP contribution in [0.4, 0.5) is 0 Å². The molecule has 0 spiro atoms. The predicted molar refractivity (Wildman–Crippen MR) is 114 cm³/mol. The molecule has 0 bridgehead atoms. The van der Waals surface area contributed by atoms with Crippen molar-refractivity contribution in [2.45, 2.75) is 33.1 Å². The summed E-state index contributed by atoms with van der Waals surface area (Å²) in [6, 6.07) is 13.5. The fourth-order valence-corrected chi connectivity index (χ4v) is 3.09. The van der Waals surface area contributed by atoms with Crippen LogP contribution >= 0.6 is 0 Å². The van der Waals surface area contributed by atoms with E-state index in [-0.39, 0.29) is 12.3 Å². The van der Waals surface area contributed by atoms with E-state index >= 15 is 0 Å². The molecule has 0 saturated carbocycles. The van der Waals surface area contributed by atoms with E-state index in [9.17, 15) is 4.79 Å². The Labute approximate surface area is 176 Å². The van der Waals surface area contributed by atoms with Gasteiger partial charge in [0.2, 0.25) is 17.6 Å². The Hall–Kier alpha value is -3.35. The number of hydrogen-bond donors (Lipinski definition) is 1. The van der Waals surface area contributed by atoms with E-state index in [1.54, 1.807) is 7.11 Å². The van der Waals surface area contributed by atoms with Gasteiger partial charge in [0, 0.05) is 24.9 Å². The van der Waals surface area contributed by atoms with Gasteiger partial charge in [-0.2, -0.15) is 4.98 Å². The maximum atomic E-state index is 12.2. The average Bonchev–Trinajstić information content (AvgIpc) is 3.22. The summed E-state index contributed by atoms with van der Waals surface area (Å²) in [6.45, 7) is 5.13. The molecular formula is C23H27N3O4. The van der Waals surface area contributed by atoms with E-state index in [1.807, 2.05) is 50.2 Å². The second kappa shape index (κ2) is 10.4. The first-order chi connectivity index (χ1) is 14.6. The third-order valence-electron chi connectivity index (χ3n) is 4.61. The van der Waals surface area contributed by atoms with Crippen molar-refractivity contribution in [2.24, 2.45) is 0 Å². The van der Waals surface area contributed by atoms with Gasteiger partial charge >= 0.3 is 0 Å². The highest BCUT2D eigenvalue weighted by atomic mass is 16.5. The summed E-state index contributed by atoms with van der Waals surface area (Å²) in [5, 5.41) is 6.93. The third-order valence-corrected chi connectivity index (χ3v) is 4.61. The molecule has 0 atom stereocenters. The molecule has 158 valence electrons. The number of aromatic nitrogens is 2. The molecule has 0 radical (unpaired) electrons. The Bertz CT molecular complexity index is 967. The minimum absolute atomic E-state index is 0.0533. The molecule has 0 aliphatic heterocycles. The van der Waals surface area contributed by atoms with Gasteiger partial charge < -0.3 is 19.3 Å². The Balaban J connectivity index is 1.46. The largest absolute Gasteiger partial charge is 0.496 e. The van der Waals surface area contributed by atoms with E-state index in [2.05, 4.69) is 21.5 Å². The van der Waals surface area contributed by atoms with Crippen molar-refractivity contribution in [3.8, 4) is 22.9 Å². The number of hydrogen-bond acceptors (Lipinski definition) is 6. The molecule has 7 nitrogen and oxygen atoms in total. The van der Waals surface area contributed by atoms with Crippen molar-refractivity contribution >= 4 is 5.91 Å². The molecule has 1 N–H and O–H groups in total. The van der Waals surface area contributed by atoms with Gasteiger partial charge in [-0.15, -0.1) is 0 Å². The van der Waals surface area contributed by atoms with Gasteiger partial charge in [0.15, 0.2) is 0 Å². The monoisotopic (exact) mass is 409 g/mol. The zero-order valence-corrected chi connectivity index (χ0v) is 17.6. The number of carbonyl (C=O) groups excluding carboxylic acids is 1. The van der Waals surface area contributed by atoms with Gasteiger partial charge in [-0.1, -0.05) is 22.9 Å². The predicted octanol–water partition coefficient (Wildman–Crippen LogP) is 3.74. The number of carbonyl (C=O) groups is 1. The molecule has 3 aromatic rings. The summed E-state index contributed by atoms with van der Waals surface area (Å²) in [5.74, 6) is 2.52. The van der Waals surface area contributed by atoms with Gasteiger partial charge in [-0.05, 0) is 56.2 Å². The molecule has 1 aromatic heterocycles. The van der Waals surface area contributed by atoms with Gasteiger partial charge in [0.1, 0.15) is 11.5 Å². The van der Waals surface area contributed by atoms with Crippen LogP contribution in [-0.2, 0) is 17.6 Å². The number of aryl methyl sites for hydroxylation is 2. The van der Waals surface area contributed by atoms with Gasteiger partial charge in [-0.25, -0.2) is 0 Å². The SMILES string of the molecule is CCOc1ccc(-c2noc(CCC(=O)NCCc3cc(C)ccc3OC)n2)cc1. The number of methoxy groups -OCH3 is 1. The lowest BCUT2D eigenvalue weighted by molar-refractivity contribution is -0.121. The topological polar surface area (TPSA) is 86.5 Å². The summed E-state index contributed by atoms with van der Waals surface area (Å²) < 4.78 is 16.1. The van der Waals surface area contributed by atoms with Crippen molar-refractivity contribution in [3.63, 3.8) is 0 Å². The number of nitrogens with one attached hydrogen (secondary N) is 1. The van der Waals surface area contributed by atoms with Crippen LogP contribution in [0.15, 0.2) is 47.0 Å². The Morgan fingerprint density at radius 2 is 1.93 bits per heavy atom. The molecule has 7 heteroatoms. The number of benzene rings is 2. The van der Waals surface area contributed by atoms with Crippen LogP contribution in [0.1, 0.15) is 30.4 Å². The van der Waals surface area contributed by atoms with Crippen LogP contribution in [0, 0.1) is 6.92 Å². The number of ether oxygens (including phenoxy) is 2. The number of amides is 1. The van der Waals surface area contributed by atoms with Crippen molar-refractivity contribution in [3.05, 3.63) is 59.5 Å². The second-order valence-corrected chi connectivity index (χ2v) is 6.88. The third kappa shape index (κ3) is 5.83. The van der Waals surface area contributed by atoms with Gasteiger partial charge in [0.25, 0.3) is 0 Å². The zero-order valence-electron chi connectivity index (χ0n) is 17.6. The van der Waals surface area contributed by atoms with Crippen LogP contribution in [0.2, 0.25) is 0 Å². The van der Waals surface area contributed by atoms with Crippen molar-refractivity contribution in [2.75, 3.05) is 20.3 Å². The lowest BCUT2D eigenvalue weighted by Crippen LogP contribution is -2.26. The molecule has 0 saturated heterocycles. The van der Waals surface area contributed by atoms with E-state index < -0.39 is 0 Å². The van der Waals surface area contributed by atoms with Crippen LogP contribution < -0.4 is 14.8 Å². The molecule has 0 aliphatic rings. The summed E-state index contributed by atoms with van der Waals surface area (Å²) in [5.41, 5.74) is 3.08. The summed E-state index contributed by atoms with van der Waals surface area (Å²) in [4.78, 5) is 16.5. The summed E-state index contributed by atoms with van der Waals surface area (Å²) >= 11 is 0. The number of nitrogens with zero attached hydrogens (tertiary/aromatic N) is 2. The maximum Gasteiger partial charge on any atom is 0.227 e. The maximum absolute atomic E-state index is 12.2. The highest BCUT2D eigenvalue weighted by molar-refractivity contribution is 5.76. The van der Waals surface area contributed by atoms with Crippen LogP contribution in [0.3, 0.4) is 0 Å². The molecular weight excluding hydrogens is 382 g/mol. The fourth-order valence-electron chi connectivity index (χ4n) is 3.09. The molecule has 0 aliphatic carbocycles. The Morgan fingerprint density at radius 3 is 2.67 bits per heavy atom. The molecule has 2 aromatic carbocycles. The highest BCUT2D eigenvalue weighted by Crippen LogP contribution is 2.21. The minimum atomic E-state index is -0.0533. The lowest BCUT2D eigenvalue weighted by Gasteiger charge is -2.10. The lowest BCUT2D eigenvalue weighted by atomic mass is 10.1. The normalized spacial score (nSPS) is 10.6. The number of rotatable bonds is 10. The summed E-state index contributed by atoms with van der Waals surface area (Å²) in [6.07, 6.45) is 1.39. The highest BCUT2D eigenvalue weighted by Gasteiger charge is 2.11. The standard InChI is InChI=1S/C23H27N3O4/c1-4-29-19-8-6-17(7-9-19)23-25-22(30-26-23)12-11-21(27)24-14-13-18-15-16(2)5-10-20(18)28-3/h5-10,15H,4,11-14H2,1-3H3,(H,24,27). The Morgan fingerprint density at radius 1 is 1.13 bits per heavy atom. The van der Waals surface area contributed by atoms with E-state index in [4.69, 9.17) is 14.0 Å². The quantitative estimate of drug-likeness (QED) is 0.549. The van der Waals surface area contributed by atoms with Crippen LogP contribution in [0.5, 0.6) is 11.5 Å². The van der Waals surface area contributed by atoms with E-state index in [1.165, 1.54) is 0 Å². The molecule has 0 unspecified atom stereocenters. The first-order valence-corrected chi connectivity index (χ1v) is 10.0. The van der Waals surface area contributed by atoms with Gasteiger partial charge in [-0.3, -0.25) is 4.79 Å². The Kier molecular flexibility index (Phi) is 7.43. The molecule has 3 rings (SSSR count). The van der Waals surface area contributed by atoms with E-state index in [0.717, 1.165) is 28.2 Å². The van der Waals surface area contributed by atoms with Crippen molar-refractivity contribution in [1.82, 2.24) is 15.5 Å². The van der Waals surface area contributed by atoms with Crippen molar-refractivity contribution < 1.29 is 18.8 Å².